The molecule has 0 bridgehead atoms. The molecule has 1 N–H and O–H groups in total. The summed E-state index contributed by atoms with van der Waals surface area (Å²) in [6.45, 7) is 4.00. The van der Waals surface area contributed by atoms with Crippen LogP contribution in [0.5, 0.6) is 5.75 Å². The molecule has 9 heteroatoms. The van der Waals surface area contributed by atoms with Gasteiger partial charge in [0.1, 0.15) is 5.75 Å². The van der Waals surface area contributed by atoms with E-state index >= 15 is 0 Å². The van der Waals surface area contributed by atoms with E-state index < -0.39 is 34.4 Å². The molecule has 142 valence electrons. The van der Waals surface area contributed by atoms with Crippen molar-refractivity contribution in [2.45, 2.75) is 51.5 Å². The summed E-state index contributed by atoms with van der Waals surface area (Å²) in [5.74, 6) is -0.707. The first-order valence-corrected chi connectivity index (χ1v) is 9.15. The van der Waals surface area contributed by atoms with Crippen LogP contribution in [0.1, 0.15) is 45.7 Å². The molecule has 0 fully saturated rings. The summed E-state index contributed by atoms with van der Waals surface area (Å²) < 4.78 is 49.4. The Labute approximate surface area is 153 Å². The fourth-order valence-corrected chi connectivity index (χ4v) is 2.91. The van der Waals surface area contributed by atoms with Crippen LogP contribution in [0.25, 0.3) is 0 Å². The molecular weight excluding hydrogens is 376 g/mol. The summed E-state index contributed by atoms with van der Waals surface area (Å²) in [7, 11) is -1.56. The summed E-state index contributed by atoms with van der Waals surface area (Å²) in [5, 5.41) is 0.272. The number of halogens is 3. The predicted octanol–water partition coefficient (Wildman–Crippen LogP) is 3.99. The molecule has 0 radical (unpaired) electrons. The van der Waals surface area contributed by atoms with Gasteiger partial charge in [-0.2, -0.15) is 8.78 Å². The normalized spacial score (nSPS) is 14.2. The number of nitrogens with one attached hydrogen (secondary N) is 1. The van der Waals surface area contributed by atoms with E-state index in [-0.39, 0.29) is 29.4 Å². The number of ether oxygens (including phenoxy) is 2. The number of rotatable bonds is 8. The SMILES string of the molecule is CCOC(=O)C[C@@H](N[S@@](=O)C(C)(C)C)c1cc(Cl)ccc1OC(F)F. The quantitative estimate of drug-likeness (QED) is 0.674. The van der Waals surface area contributed by atoms with Crippen molar-refractivity contribution in [3.05, 3.63) is 28.8 Å². The minimum atomic E-state index is -3.05. The van der Waals surface area contributed by atoms with Gasteiger partial charge in [0.15, 0.2) is 0 Å². The van der Waals surface area contributed by atoms with E-state index in [9.17, 15) is 17.8 Å². The number of carbonyl (C=O) groups excluding carboxylic acids is 1. The van der Waals surface area contributed by atoms with Gasteiger partial charge in [-0.05, 0) is 45.9 Å². The van der Waals surface area contributed by atoms with Crippen molar-refractivity contribution in [1.29, 1.82) is 0 Å². The van der Waals surface area contributed by atoms with Crippen LogP contribution in [0.15, 0.2) is 18.2 Å². The van der Waals surface area contributed by atoms with Crippen LogP contribution in [-0.2, 0) is 20.5 Å². The third-order valence-electron chi connectivity index (χ3n) is 3.04. The minimum Gasteiger partial charge on any atom is -0.466 e. The molecule has 0 unspecified atom stereocenters. The summed E-state index contributed by atoms with van der Waals surface area (Å²) in [5.41, 5.74) is 0.207. The van der Waals surface area contributed by atoms with E-state index in [1.165, 1.54) is 18.2 Å². The highest BCUT2D eigenvalue weighted by Crippen LogP contribution is 2.32. The lowest BCUT2D eigenvalue weighted by atomic mass is 10.0. The molecule has 0 amide bonds. The molecule has 1 aromatic carbocycles. The molecule has 0 heterocycles. The number of carbonyl (C=O) groups is 1. The lowest BCUT2D eigenvalue weighted by Crippen LogP contribution is -2.37. The van der Waals surface area contributed by atoms with Gasteiger partial charge in [0.25, 0.3) is 0 Å². The largest absolute Gasteiger partial charge is 0.466 e. The number of esters is 1. The van der Waals surface area contributed by atoms with Gasteiger partial charge in [-0.15, -0.1) is 0 Å². The zero-order valence-corrected chi connectivity index (χ0v) is 16.0. The third kappa shape index (κ3) is 7.25. The second-order valence-corrected chi connectivity index (χ2v) is 8.56. The Morgan fingerprint density at radius 2 is 2.00 bits per heavy atom. The van der Waals surface area contributed by atoms with Crippen LogP contribution in [0.4, 0.5) is 8.78 Å². The van der Waals surface area contributed by atoms with E-state index in [0.29, 0.717) is 0 Å². The fraction of sp³-hybridized carbons (Fsp3) is 0.562. The highest BCUT2D eigenvalue weighted by atomic mass is 35.5. The zero-order valence-electron chi connectivity index (χ0n) is 14.5. The number of hydrogen-bond acceptors (Lipinski definition) is 4. The van der Waals surface area contributed by atoms with E-state index in [0.717, 1.165) is 0 Å². The Morgan fingerprint density at radius 1 is 1.36 bits per heavy atom. The van der Waals surface area contributed by atoms with Crippen LogP contribution < -0.4 is 9.46 Å². The number of benzene rings is 1. The lowest BCUT2D eigenvalue weighted by molar-refractivity contribution is -0.143. The van der Waals surface area contributed by atoms with Crippen LogP contribution in [-0.4, -0.2) is 28.1 Å². The molecule has 25 heavy (non-hydrogen) atoms. The van der Waals surface area contributed by atoms with Crippen molar-refractivity contribution in [3.63, 3.8) is 0 Å². The van der Waals surface area contributed by atoms with Crippen LogP contribution in [0.3, 0.4) is 0 Å². The molecule has 0 aliphatic rings. The van der Waals surface area contributed by atoms with Crippen molar-refractivity contribution in [2.24, 2.45) is 0 Å². The first kappa shape index (κ1) is 21.8. The van der Waals surface area contributed by atoms with Gasteiger partial charge in [-0.3, -0.25) is 4.79 Å². The van der Waals surface area contributed by atoms with Gasteiger partial charge in [0.05, 0.1) is 34.8 Å². The highest BCUT2D eigenvalue weighted by molar-refractivity contribution is 7.84. The molecule has 0 saturated carbocycles. The standard InChI is InChI=1S/C16H22ClF2NO4S/c1-5-23-14(21)9-12(20-25(22)16(2,3)4)11-8-10(17)6-7-13(11)24-15(18)19/h6-8,12,15,20H,5,9H2,1-4H3/t12-,25+/m1/s1. The lowest BCUT2D eigenvalue weighted by Gasteiger charge is -2.25. The maximum atomic E-state index is 12.7. The Hall–Kier alpha value is -1.25. The number of hydrogen-bond donors (Lipinski definition) is 1. The van der Waals surface area contributed by atoms with Crippen molar-refractivity contribution in [2.75, 3.05) is 6.61 Å². The molecule has 0 aliphatic heterocycles. The van der Waals surface area contributed by atoms with Crippen LogP contribution in [0.2, 0.25) is 5.02 Å². The van der Waals surface area contributed by atoms with Crippen molar-refractivity contribution < 1.29 is 27.3 Å². The van der Waals surface area contributed by atoms with Crippen molar-refractivity contribution >= 4 is 28.6 Å². The molecule has 0 aliphatic carbocycles. The van der Waals surface area contributed by atoms with E-state index in [2.05, 4.69) is 9.46 Å². The second kappa shape index (κ2) is 9.45. The fourth-order valence-electron chi connectivity index (χ4n) is 1.90. The number of alkyl halides is 2. The molecule has 0 aromatic heterocycles. The van der Waals surface area contributed by atoms with Crippen LogP contribution >= 0.6 is 11.6 Å². The van der Waals surface area contributed by atoms with Crippen LogP contribution in [0, 0.1) is 0 Å². The van der Waals surface area contributed by atoms with E-state index in [4.69, 9.17) is 16.3 Å². The van der Waals surface area contributed by atoms with Gasteiger partial charge in [-0.1, -0.05) is 11.6 Å². The highest BCUT2D eigenvalue weighted by Gasteiger charge is 2.28. The summed E-state index contributed by atoms with van der Waals surface area (Å²) >= 11 is 5.96. The zero-order chi connectivity index (χ0) is 19.2. The molecule has 0 saturated heterocycles. The Morgan fingerprint density at radius 3 is 2.52 bits per heavy atom. The van der Waals surface area contributed by atoms with E-state index in [1.54, 1.807) is 27.7 Å². The molecular formula is C16H22ClF2NO4S. The van der Waals surface area contributed by atoms with Gasteiger partial charge >= 0.3 is 12.6 Å². The first-order chi connectivity index (χ1) is 11.5. The average molecular weight is 398 g/mol. The Kier molecular flexibility index (Phi) is 8.24. The summed E-state index contributed by atoms with van der Waals surface area (Å²) in [6, 6.07) is 3.21. The smallest absolute Gasteiger partial charge is 0.387 e. The molecule has 1 aromatic rings. The summed E-state index contributed by atoms with van der Waals surface area (Å²) in [4.78, 5) is 11.9. The van der Waals surface area contributed by atoms with Crippen molar-refractivity contribution in [1.82, 2.24) is 4.72 Å². The molecule has 0 spiro atoms. The van der Waals surface area contributed by atoms with Gasteiger partial charge in [-0.25, -0.2) is 8.93 Å². The molecule has 2 atom stereocenters. The minimum absolute atomic E-state index is 0.146. The van der Waals surface area contributed by atoms with Gasteiger partial charge < -0.3 is 9.47 Å². The monoisotopic (exact) mass is 397 g/mol. The maximum Gasteiger partial charge on any atom is 0.387 e. The third-order valence-corrected chi connectivity index (χ3v) is 4.89. The molecule has 5 nitrogen and oxygen atoms in total. The van der Waals surface area contributed by atoms with E-state index in [1.807, 2.05) is 0 Å². The summed E-state index contributed by atoms with van der Waals surface area (Å²) in [6.07, 6.45) is -0.213. The van der Waals surface area contributed by atoms with Crippen molar-refractivity contribution in [3.8, 4) is 5.75 Å². The Balaban J connectivity index is 3.23. The topological polar surface area (TPSA) is 64.6 Å². The Bertz CT molecular complexity index is 623. The molecule has 1 rings (SSSR count). The predicted molar refractivity (Wildman–Crippen MR) is 93.1 cm³/mol. The van der Waals surface area contributed by atoms with Gasteiger partial charge in [0.2, 0.25) is 0 Å². The maximum absolute atomic E-state index is 12.7. The average Bonchev–Trinajstić information content (AvgIpc) is 2.47. The van der Waals surface area contributed by atoms with Gasteiger partial charge in [0, 0.05) is 10.6 Å². The second-order valence-electron chi connectivity index (χ2n) is 6.12. The first-order valence-electron chi connectivity index (χ1n) is 7.62.